The zero-order chi connectivity index (χ0) is 18.0. The summed E-state index contributed by atoms with van der Waals surface area (Å²) in [6.07, 6.45) is 0.462. The number of amides is 1. The molecule has 6 heteroatoms. The van der Waals surface area contributed by atoms with E-state index in [1.807, 2.05) is 33.8 Å². The maximum Gasteiger partial charge on any atom is 0.332 e. The van der Waals surface area contributed by atoms with Crippen LogP contribution in [0, 0.1) is 6.92 Å². The van der Waals surface area contributed by atoms with E-state index in [0.29, 0.717) is 17.3 Å². The van der Waals surface area contributed by atoms with Gasteiger partial charge in [0.05, 0.1) is 10.9 Å². The van der Waals surface area contributed by atoms with Gasteiger partial charge in [0, 0.05) is 12.6 Å². The number of hydrogen-bond donors (Lipinski definition) is 1. The molecular formula is C18H25N3O3. The first kappa shape index (κ1) is 18.0. The lowest BCUT2D eigenvalue weighted by atomic mass is 10.1. The number of carbonyl (C=O) groups is 1. The Labute approximate surface area is 141 Å². The average Bonchev–Trinajstić information content (AvgIpc) is 2.51. The quantitative estimate of drug-likeness (QED) is 0.910. The average molecular weight is 331 g/mol. The first-order chi connectivity index (χ1) is 11.3. The largest absolute Gasteiger partial charge is 0.352 e. The molecule has 130 valence electrons. The van der Waals surface area contributed by atoms with E-state index in [2.05, 4.69) is 5.32 Å². The highest BCUT2D eigenvalue weighted by Gasteiger charge is 2.24. The van der Waals surface area contributed by atoms with E-state index in [9.17, 15) is 14.4 Å². The Morgan fingerprint density at radius 2 is 1.88 bits per heavy atom. The smallest absolute Gasteiger partial charge is 0.332 e. The number of carbonyl (C=O) groups excluding carboxylic acids is 1. The van der Waals surface area contributed by atoms with E-state index in [1.165, 1.54) is 9.13 Å². The SMILES string of the molecule is CC[C@H](C(=O)NC(C)C)n1c(=O)n(CC)c(=O)c2cc(C)ccc21. The van der Waals surface area contributed by atoms with Crippen molar-refractivity contribution in [1.82, 2.24) is 14.5 Å². The molecule has 0 saturated carbocycles. The minimum atomic E-state index is -0.650. The Morgan fingerprint density at radius 3 is 2.42 bits per heavy atom. The second-order valence-electron chi connectivity index (χ2n) is 6.31. The Bertz CT molecular complexity index is 877. The van der Waals surface area contributed by atoms with Crippen molar-refractivity contribution in [2.24, 2.45) is 0 Å². The third-order valence-corrected chi connectivity index (χ3v) is 4.07. The normalized spacial score (nSPS) is 12.6. The molecule has 1 N–H and O–H groups in total. The van der Waals surface area contributed by atoms with Crippen LogP contribution < -0.4 is 16.6 Å². The highest BCUT2D eigenvalue weighted by Crippen LogP contribution is 2.18. The molecule has 2 rings (SSSR count). The molecule has 6 nitrogen and oxygen atoms in total. The lowest BCUT2D eigenvalue weighted by molar-refractivity contribution is -0.124. The van der Waals surface area contributed by atoms with Crippen LogP contribution in [0.3, 0.4) is 0 Å². The number of aryl methyl sites for hydroxylation is 1. The molecule has 1 aromatic carbocycles. The summed E-state index contributed by atoms with van der Waals surface area (Å²) in [7, 11) is 0. The first-order valence-corrected chi connectivity index (χ1v) is 8.37. The summed E-state index contributed by atoms with van der Waals surface area (Å²) in [5, 5.41) is 3.33. The summed E-state index contributed by atoms with van der Waals surface area (Å²) >= 11 is 0. The standard InChI is InChI=1S/C18H25N3O3/c1-6-14(16(22)19-11(3)4)21-15-9-8-12(5)10-13(15)17(23)20(7-2)18(21)24/h8-11,14H,6-7H2,1-5H3,(H,19,22)/t14-/m1/s1. The lowest BCUT2D eigenvalue weighted by Crippen LogP contribution is -2.45. The molecular weight excluding hydrogens is 306 g/mol. The van der Waals surface area contributed by atoms with Gasteiger partial charge in [-0.05, 0) is 46.2 Å². The predicted molar refractivity (Wildman–Crippen MR) is 95.5 cm³/mol. The van der Waals surface area contributed by atoms with Gasteiger partial charge in [-0.25, -0.2) is 4.79 Å². The summed E-state index contributed by atoms with van der Waals surface area (Å²) in [5.74, 6) is -0.210. The molecule has 1 aromatic heterocycles. The Balaban J connectivity index is 2.83. The number of benzene rings is 1. The lowest BCUT2D eigenvalue weighted by Gasteiger charge is -2.22. The minimum Gasteiger partial charge on any atom is -0.352 e. The Morgan fingerprint density at radius 1 is 1.21 bits per heavy atom. The molecule has 0 aliphatic rings. The molecule has 2 aromatic rings. The molecule has 0 saturated heterocycles. The molecule has 1 amide bonds. The first-order valence-electron chi connectivity index (χ1n) is 8.37. The molecule has 1 heterocycles. The van der Waals surface area contributed by atoms with E-state index in [-0.39, 0.29) is 24.1 Å². The third-order valence-electron chi connectivity index (χ3n) is 4.07. The van der Waals surface area contributed by atoms with E-state index in [0.717, 1.165) is 5.56 Å². The van der Waals surface area contributed by atoms with E-state index in [4.69, 9.17) is 0 Å². The van der Waals surface area contributed by atoms with Gasteiger partial charge < -0.3 is 5.32 Å². The van der Waals surface area contributed by atoms with Crippen LogP contribution in [-0.2, 0) is 11.3 Å². The molecule has 1 atom stereocenters. The van der Waals surface area contributed by atoms with Crippen LogP contribution in [0.4, 0.5) is 0 Å². The molecule has 0 aliphatic carbocycles. The summed E-state index contributed by atoms with van der Waals surface area (Å²) < 4.78 is 2.64. The topological polar surface area (TPSA) is 73.1 Å². The van der Waals surface area contributed by atoms with Crippen LogP contribution >= 0.6 is 0 Å². The molecule has 24 heavy (non-hydrogen) atoms. The van der Waals surface area contributed by atoms with Crippen molar-refractivity contribution in [3.05, 3.63) is 44.6 Å². The van der Waals surface area contributed by atoms with E-state index in [1.54, 1.807) is 19.1 Å². The third kappa shape index (κ3) is 3.13. The monoisotopic (exact) mass is 331 g/mol. The van der Waals surface area contributed by atoms with Crippen molar-refractivity contribution in [1.29, 1.82) is 0 Å². The zero-order valence-electron chi connectivity index (χ0n) is 14.9. The fraction of sp³-hybridized carbons (Fsp3) is 0.500. The van der Waals surface area contributed by atoms with Gasteiger partial charge >= 0.3 is 5.69 Å². The van der Waals surface area contributed by atoms with Crippen LogP contribution in [-0.4, -0.2) is 21.1 Å². The second-order valence-corrected chi connectivity index (χ2v) is 6.31. The van der Waals surface area contributed by atoms with Crippen molar-refractivity contribution in [2.75, 3.05) is 0 Å². The van der Waals surface area contributed by atoms with E-state index >= 15 is 0 Å². The molecule has 0 radical (unpaired) electrons. The van der Waals surface area contributed by atoms with Gasteiger partial charge in [0.15, 0.2) is 0 Å². The van der Waals surface area contributed by atoms with Gasteiger partial charge in [-0.3, -0.25) is 18.7 Å². The number of nitrogens with zero attached hydrogens (tertiary/aromatic N) is 2. The fourth-order valence-corrected chi connectivity index (χ4v) is 2.94. The van der Waals surface area contributed by atoms with Crippen LogP contribution in [0.25, 0.3) is 10.9 Å². The highest BCUT2D eigenvalue weighted by atomic mass is 16.2. The van der Waals surface area contributed by atoms with Gasteiger partial charge in [-0.15, -0.1) is 0 Å². The Hall–Kier alpha value is -2.37. The second kappa shape index (κ2) is 7.03. The van der Waals surface area contributed by atoms with E-state index < -0.39 is 11.7 Å². The number of nitrogens with one attached hydrogen (secondary N) is 1. The molecule has 0 spiro atoms. The minimum absolute atomic E-state index is 0.0205. The van der Waals surface area contributed by atoms with Gasteiger partial charge in [0.2, 0.25) is 5.91 Å². The van der Waals surface area contributed by atoms with Gasteiger partial charge in [0.1, 0.15) is 6.04 Å². The van der Waals surface area contributed by atoms with Crippen LogP contribution in [0.2, 0.25) is 0 Å². The maximum absolute atomic E-state index is 12.9. The van der Waals surface area contributed by atoms with Crippen molar-refractivity contribution in [3.63, 3.8) is 0 Å². The van der Waals surface area contributed by atoms with Crippen molar-refractivity contribution in [3.8, 4) is 0 Å². The predicted octanol–water partition coefficient (Wildman–Crippen LogP) is 1.97. The maximum atomic E-state index is 12.9. The van der Waals surface area contributed by atoms with Gasteiger partial charge in [0.25, 0.3) is 5.56 Å². The highest BCUT2D eigenvalue weighted by molar-refractivity contribution is 5.84. The van der Waals surface area contributed by atoms with Crippen LogP contribution in [0.5, 0.6) is 0 Å². The van der Waals surface area contributed by atoms with Gasteiger partial charge in [-0.2, -0.15) is 0 Å². The van der Waals surface area contributed by atoms with Crippen molar-refractivity contribution < 1.29 is 4.79 Å². The van der Waals surface area contributed by atoms with Crippen LogP contribution in [0.15, 0.2) is 27.8 Å². The number of rotatable bonds is 5. The number of fused-ring (bicyclic) bond motifs is 1. The van der Waals surface area contributed by atoms with Gasteiger partial charge in [-0.1, -0.05) is 18.6 Å². The van der Waals surface area contributed by atoms with Crippen molar-refractivity contribution >= 4 is 16.8 Å². The fourth-order valence-electron chi connectivity index (χ4n) is 2.94. The summed E-state index contributed by atoms with van der Waals surface area (Å²) in [6, 6.07) is 4.70. The molecule has 0 bridgehead atoms. The summed E-state index contributed by atoms with van der Waals surface area (Å²) in [5.41, 5.74) is 0.694. The number of aromatic nitrogens is 2. The summed E-state index contributed by atoms with van der Waals surface area (Å²) in [6.45, 7) is 9.53. The molecule has 0 fully saturated rings. The Kier molecular flexibility index (Phi) is 5.26. The van der Waals surface area contributed by atoms with Crippen LogP contribution in [0.1, 0.15) is 45.7 Å². The molecule has 0 unspecified atom stereocenters. The van der Waals surface area contributed by atoms with Crippen molar-refractivity contribution in [2.45, 2.75) is 59.7 Å². The molecule has 0 aliphatic heterocycles. The number of hydrogen-bond acceptors (Lipinski definition) is 3. The zero-order valence-corrected chi connectivity index (χ0v) is 14.9. The summed E-state index contributed by atoms with van der Waals surface area (Å²) in [4.78, 5) is 38.0.